The Balaban J connectivity index is 1.91. The van der Waals surface area contributed by atoms with Crippen LogP contribution < -0.4 is 15.5 Å². The molecule has 0 unspecified atom stereocenters. The van der Waals surface area contributed by atoms with E-state index in [0.29, 0.717) is 32.1 Å². The molecule has 4 heterocycles. The molecule has 2 atom stereocenters. The Bertz CT molecular complexity index is 1060. The highest BCUT2D eigenvalue weighted by Crippen LogP contribution is 2.45. The Morgan fingerprint density at radius 2 is 1.94 bits per heavy atom. The molecule has 1 saturated heterocycles. The maximum absolute atomic E-state index is 13.7. The van der Waals surface area contributed by atoms with Crippen molar-refractivity contribution in [1.82, 2.24) is 20.3 Å². The number of pyridine rings is 1. The number of alkyl halides is 6. The molecule has 0 aromatic carbocycles. The lowest BCUT2D eigenvalue weighted by Crippen LogP contribution is -2.51. The number of nitrogens with zero attached hydrogens (tertiary/aromatic N) is 4. The number of ether oxygens (including phenoxy) is 1. The normalized spacial score (nSPS) is 21.3. The number of fused-ring (bicyclic) bond motifs is 1. The maximum Gasteiger partial charge on any atom is 0.430 e. The molecule has 2 aliphatic rings. The molecule has 2 N–H and O–H groups in total. The number of rotatable bonds is 3. The molecular formula is C19H18F6N6O2. The van der Waals surface area contributed by atoms with Gasteiger partial charge < -0.3 is 15.0 Å². The van der Waals surface area contributed by atoms with Crippen LogP contribution >= 0.6 is 0 Å². The number of anilines is 2. The first-order valence-corrected chi connectivity index (χ1v) is 9.95. The van der Waals surface area contributed by atoms with Crippen LogP contribution in [0.5, 0.6) is 0 Å². The van der Waals surface area contributed by atoms with E-state index in [1.807, 2.05) is 12.2 Å². The van der Waals surface area contributed by atoms with Gasteiger partial charge in [-0.05, 0) is 18.6 Å². The average molecular weight is 476 g/mol. The zero-order chi connectivity index (χ0) is 24.0. The fraction of sp³-hybridized carbons (Fsp3) is 0.474. The first kappa shape index (κ1) is 23.0. The van der Waals surface area contributed by atoms with Gasteiger partial charge in [-0.15, -0.1) is 0 Å². The average Bonchev–Trinajstić information content (AvgIpc) is 2.76. The number of hydrogen-bond donors (Lipinski definition) is 2. The molecule has 2 aliphatic heterocycles. The van der Waals surface area contributed by atoms with Crippen LogP contribution in [0.4, 0.5) is 42.8 Å². The van der Waals surface area contributed by atoms with Crippen molar-refractivity contribution >= 4 is 17.7 Å². The fourth-order valence-corrected chi connectivity index (χ4v) is 3.85. The van der Waals surface area contributed by atoms with Crippen molar-refractivity contribution in [3.05, 3.63) is 29.6 Å². The van der Waals surface area contributed by atoms with E-state index >= 15 is 0 Å². The van der Waals surface area contributed by atoms with Crippen molar-refractivity contribution < 1.29 is 35.9 Å². The van der Waals surface area contributed by atoms with E-state index in [-0.39, 0.29) is 11.9 Å². The van der Waals surface area contributed by atoms with E-state index in [0.717, 1.165) is 12.4 Å². The molecule has 1 fully saturated rings. The van der Waals surface area contributed by atoms with Gasteiger partial charge >= 0.3 is 18.4 Å². The number of cyclic esters (lactones) is 1. The molecule has 0 radical (unpaired) electrons. The number of carbonyl (C=O) groups excluding carboxylic acids is 1. The highest BCUT2D eigenvalue weighted by atomic mass is 19.4. The van der Waals surface area contributed by atoms with Gasteiger partial charge in [0.2, 0.25) is 6.10 Å². The molecule has 178 valence electrons. The van der Waals surface area contributed by atoms with Crippen LogP contribution in [-0.2, 0) is 10.9 Å². The number of piperazine rings is 1. The fourth-order valence-electron chi connectivity index (χ4n) is 3.85. The monoisotopic (exact) mass is 476 g/mol. The number of amides is 1. The first-order valence-electron chi connectivity index (χ1n) is 9.95. The molecule has 4 rings (SSSR count). The Labute approximate surface area is 183 Å². The maximum atomic E-state index is 13.7. The Morgan fingerprint density at radius 3 is 2.61 bits per heavy atom. The van der Waals surface area contributed by atoms with Crippen molar-refractivity contribution in [3.63, 3.8) is 0 Å². The zero-order valence-electron chi connectivity index (χ0n) is 17.1. The Hall–Kier alpha value is -3.16. The van der Waals surface area contributed by atoms with Crippen LogP contribution in [0.1, 0.15) is 30.6 Å². The van der Waals surface area contributed by atoms with Gasteiger partial charge in [0.1, 0.15) is 23.7 Å². The molecule has 0 aliphatic carbocycles. The van der Waals surface area contributed by atoms with Crippen molar-refractivity contribution in [3.8, 4) is 11.4 Å². The minimum absolute atomic E-state index is 0.0372. The summed E-state index contributed by atoms with van der Waals surface area (Å²) in [5.41, 5.74) is -2.76. The number of halogens is 6. The minimum atomic E-state index is -5.05. The second-order valence-corrected chi connectivity index (χ2v) is 7.49. The van der Waals surface area contributed by atoms with Crippen LogP contribution in [0.3, 0.4) is 0 Å². The highest BCUT2D eigenvalue weighted by Gasteiger charge is 2.50. The van der Waals surface area contributed by atoms with Gasteiger partial charge in [-0.25, -0.2) is 19.7 Å². The predicted octanol–water partition coefficient (Wildman–Crippen LogP) is 3.91. The summed E-state index contributed by atoms with van der Waals surface area (Å²) >= 11 is 0. The number of nitrogens with one attached hydrogen (secondary N) is 2. The van der Waals surface area contributed by atoms with Crippen molar-refractivity contribution in [1.29, 1.82) is 0 Å². The van der Waals surface area contributed by atoms with E-state index in [1.54, 1.807) is 4.90 Å². The lowest BCUT2D eigenvalue weighted by Gasteiger charge is -2.37. The number of aromatic nitrogens is 3. The van der Waals surface area contributed by atoms with Gasteiger partial charge in [-0.1, -0.05) is 6.92 Å². The summed E-state index contributed by atoms with van der Waals surface area (Å²) < 4.78 is 86.5. The largest absolute Gasteiger partial charge is 0.431 e. The zero-order valence-corrected chi connectivity index (χ0v) is 17.1. The summed E-state index contributed by atoms with van der Waals surface area (Å²) in [6.45, 7) is 3.25. The SMILES string of the molecule is CC[C@@H]1CNCCN1c1cc(C(F)(F)F)cc(-c2ncnc3c2[C@@H](C(F)(F)F)OC(=O)N3)n1. The molecule has 0 spiro atoms. The van der Waals surface area contributed by atoms with Gasteiger partial charge in [0.15, 0.2) is 0 Å². The quantitative estimate of drug-likeness (QED) is 0.649. The van der Waals surface area contributed by atoms with Crippen molar-refractivity contribution in [2.45, 2.75) is 37.8 Å². The smallest absolute Gasteiger partial charge is 0.430 e. The van der Waals surface area contributed by atoms with E-state index in [9.17, 15) is 31.1 Å². The van der Waals surface area contributed by atoms with Gasteiger partial charge in [0.05, 0.1) is 16.8 Å². The van der Waals surface area contributed by atoms with E-state index in [4.69, 9.17) is 0 Å². The van der Waals surface area contributed by atoms with Gasteiger partial charge in [-0.2, -0.15) is 26.3 Å². The summed E-state index contributed by atoms with van der Waals surface area (Å²) in [6.07, 6.45) is -12.5. The van der Waals surface area contributed by atoms with Crippen molar-refractivity contribution in [2.24, 2.45) is 0 Å². The third-order valence-corrected chi connectivity index (χ3v) is 5.39. The lowest BCUT2D eigenvalue weighted by molar-refractivity contribution is -0.206. The summed E-state index contributed by atoms with van der Waals surface area (Å²) in [4.78, 5) is 24.9. The molecule has 0 saturated carbocycles. The first-order chi connectivity index (χ1) is 15.5. The number of hydrogen-bond acceptors (Lipinski definition) is 7. The molecule has 8 nitrogen and oxygen atoms in total. The summed E-state index contributed by atoms with van der Waals surface area (Å²) in [6, 6.07) is 1.33. The van der Waals surface area contributed by atoms with Crippen LogP contribution in [0.15, 0.2) is 18.5 Å². The van der Waals surface area contributed by atoms with Crippen LogP contribution in [0.25, 0.3) is 11.4 Å². The predicted molar refractivity (Wildman–Crippen MR) is 103 cm³/mol. The van der Waals surface area contributed by atoms with Gasteiger partial charge in [0, 0.05) is 25.7 Å². The van der Waals surface area contributed by atoms with E-state index in [1.165, 1.54) is 0 Å². The van der Waals surface area contributed by atoms with E-state index in [2.05, 4.69) is 25.0 Å². The van der Waals surface area contributed by atoms with Crippen LogP contribution in [0, 0.1) is 0 Å². The molecule has 2 aromatic rings. The summed E-state index contributed by atoms with van der Waals surface area (Å²) in [7, 11) is 0. The number of carbonyl (C=O) groups is 1. The second kappa shape index (κ2) is 8.32. The van der Waals surface area contributed by atoms with E-state index < -0.39 is 52.9 Å². The molecule has 2 aromatic heterocycles. The molecule has 0 bridgehead atoms. The third-order valence-electron chi connectivity index (χ3n) is 5.39. The molecule has 1 amide bonds. The standard InChI is InChI=1S/C19H18F6N6O2/c1-2-10-7-26-3-4-31(10)12-6-9(18(20,21)22)5-11(29-12)14-13-15(19(23,24)25)33-17(32)30-16(13)28-8-27-14/h5-6,8,10,15,26H,2-4,7H2,1H3,(H,27,28,30,32)/t10-,15+/m1/s1. The minimum Gasteiger partial charge on any atom is -0.431 e. The molecule has 33 heavy (non-hydrogen) atoms. The highest BCUT2D eigenvalue weighted by molar-refractivity contribution is 5.88. The van der Waals surface area contributed by atoms with Crippen molar-refractivity contribution in [2.75, 3.05) is 29.9 Å². The Morgan fingerprint density at radius 1 is 1.18 bits per heavy atom. The molecule has 14 heteroatoms. The second-order valence-electron chi connectivity index (χ2n) is 7.49. The summed E-state index contributed by atoms with van der Waals surface area (Å²) in [5, 5.41) is 5.18. The van der Waals surface area contributed by atoms with Gasteiger partial charge in [0.25, 0.3) is 0 Å². The lowest BCUT2D eigenvalue weighted by atomic mass is 10.0. The van der Waals surface area contributed by atoms with Gasteiger partial charge in [-0.3, -0.25) is 5.32 Å². The Kier molecular flexibility index (Phi) is 5.80. The summed E-state index contributed by atoms with van der Waals surface area (Å²) in [5.74, 6) is -0.544. The van der Waals surface area contributed by atoms with Crippen LogP contribution in [0.2, 0.25) is 0 Å². The van der Waals surface area contributed by atoms with Crippen LogP contribution in [-0.4, -0.2) is 52.9 Å². The topological polar surface area (TPSA) is 92.3 Å². The molecular weight excluding hydrogens is 458 g/mol. The third kappa shape index (κ3) is 4.51.